The lowest BCUT2D eigenvalue weighted by Crippen LogP contribution is -2.18. The van der Waals surface area contributed by atoms with E-state index in [9.17, 15) is 4.79 Å². The fraction of sp³-hybridized carbons (Fsp3) is 0.211. The first kappa shape index (κ1) is 17.1. The van der Waals surface area contributed by atoms with E-state index in [1.165, 1.54) is 16.2 Å². The molecule has 0 radical (unpaired) electrons. The fourth-order valence-electron chi connectivity index (χ4n) is 2.52. The smallest absolute Gasteiger partial charge is 0.281 e. The lowest BCUT2D eigenvalue weighted by Gasteiger charge is -2.05. The van der Waals surface area contributed by atoms with Crippen LogP contribution in [0.1, 0.15) is 39.5 Å². The highest BCUT2D eigenvalue weighted by Gasteiger charge is 2.11. The van der Waals surface area contributed by atoms with E-state index < -0.39 is 0 Å². The Kier molecular flexibility index (Phi) is 5.09. The highest BCUT2D eigenvalue weighted by molar-refractivity contribution is 7.14. The molecule has 0 saturated carbocycles. The van der Waals surface area contributed by atoms with Crippen molar-refractivity contribution in [3.8, 4) is 5.69 Å². The monoisotopic (exact) mass is 352 g/mol. The number of nitrogens with zero attached hydrogens (tertiary/aromatic N) is 3. The first-order chi connectivity index (χ1) is 12.1. The molecule has 0 bridgehead atoms. The summed E-state index contributed by atoms with van der Waals surface area (Å²) in [6.45, 7) is 6.00. The summed E-state index contributed by atoms with van der Waals surface area (Å²) in [5, 5.41) is 4.23. The molecule has 0 aliphatic heterocycles. The number of amides is 1. The molecule has 0 aliphatic carbocycles. The van der Waals surface area contributed by atoms with E-state index in [0.717, 1.165) is 28.9 Å². The first-order valence-electron chi connectivity index (χ1n) is 8.11. The van der Waals surface area contributed by atoms with Gasteiger partial charge < -0.3 is 4.57 Å². The van der Waals surface area contributed by atoms with Crippen molar-refractivity contribution in [1.82, 2.24) is 15.0 Å². The van der Waals surface area contributed by atoms with Gasteiger partial charge in [0, 0.05) is 23.0 Å². The third-order valence-electron chi connectivity index (χ3n) is 3.98. The number of carbonyl (C=O) groups excluding carboxylic acids is 1. The summed E-state index contributed by atoms with van der Waals surface area (Å²) >= 11 is 1.53. The van der Waals surface area contributed by atoms with Crippen LogP contribution in [-0.4, -0.2) is 21.2 Å². The number of hydrazone groups is 1. The average Bonchev–Trinajstić information content (AvgIpc) is 3.29. The number of imidazole rings is 1. The molecule has 0 aliphatic rings. The molecule has 0 saturated heterocycles. The van der Waals surface area contributed by atoms with Gasteiger partial charge in [0.2, 0.25) is 0 Å². The Hall–Kier alpha value is -2.73. The summed E-state index contributed by atoms with van der Waals surface area (Å²) in [5.74, 6) is -0.165. The minimum atomic E-state index is -0.165. The van der Waals surface area contributed by atoms with Crippen LogP contribution in [0.2, 0.25) is 0 Å². The van der Waals surface area contributed by atoms with E-state index >= 15 is 0 Å². The van der Waals surface area contributed by atoms with E-state index in [1.54, 1.807) is 12.5 Å². The quantitative estimate of drug-likeness (QED) is 0.558. The summed E-state index contributed by atoms with van der Waals surface area (Å²) in [4.78, 5) is 18.2. The number of nitrogens with one attached hydrogen (secondary N) is 1. The Labute approximate surface area is 151 Å². The van der Waals surface area contributed by atoms with Gasteiger partial charge in [-0.05, 0) is 49.6 Å². The van der Waals surface area contributed by atoms with Gasteiger partial charge in [0.05, 0.1) is 16.9 Å². The number of carbonyl (C=O) groups is 1. The standard InChI is InChI=1S/C19H20N4OS/c1-4-17-13(2)11-18(25-17)19(24)22-21-14(3)15-5-7-16(8-6-15)23-10-9-20-12-23/h5-12H,4H2,1-3H3,(H,22,24). The number of hydrogen-bond donors (Lipinski definition) is 1. The Bertz CT molecular complexity index is 892. The molecular formula is C19H20N4OS. The zero-order valence-corrected chi connectivity index (χ0v) is 15.3. The maximum atomic E-state index is 12.3. The number of benzene rings is 1. The van der Waals surface area contributed by atoms with Gasteiger partial charge in [-0.3, -0.25) is 4.79 Å². The van der Waals surface area contributed by atoms with Gasteiger partial charge in [-0.25, -0.2) is 10.4 Å². The van der Waals surface area contributed by atoms with Gasteiger partial charge in [0.25, 0.3) is 5.91 Å². The fourth-order valence-corrected chi connectivity index (χ4v) is 3.53. The maximum absolute atomic E-state index is 12.3. The zero-order chi connectivity index (χ0) is 17.8. The zero-order valence-electron chi connectivity index (χ0n) is 14.5. The molecule has 1 amide bonds. The van der Waals surface area contributed by atoms with Crippen LogP contribution in [-0.2, 0) is 6.42 Å². The molecule has 3 aromatic rings. The highest BCUT2D eigenvalue weighted by atomic mass is 32.1. The summed E-state index contributed by atoms with van der Waals surface area (Å²) in [6.07, 6.45) is 6.33. The molecule has 128 valence electrons. The van der Waals surface area contributed by atoms with Gasteiger partial charge >= 0.3 is 0 Å². The van der Waals surface area contributed by atoms with Gasteiger partial charge in [-0.15, -0.1) is 11.3 Å². The van der Waals surface area contributed by atoms with Crippen LogP contribution < -0.4 is 5.43 Å². The lowest BCUT2D eigenvalue weighted by molar-refractivity contribution is 0.0959. The van der Waals surface area contributed by atoms with Gasteiger partial charge in [0.15, 0.2) is 0 Å². The van der Waals surface area contributed by atoms with Crippen molar-refractivity contribution < 1.29 is 4.79 Å². The second-order valence-electron chi connectivity index (χ2n) is 5.73. The SMILES string of the molecule is CCc1sc(C(=O)NN=C(C)c2ccc(-n3ccnc3)cc2)cc1C. The van der Waals surface area contributed by atoms with E-state index in [-0.39, 0.29) is 5.91 Å². The molecule has 0 spiro atoms. The maximum Gasteiger partial charge on any atom is 0.281 e. The molecule has 0 atom stereocenters. The normalized spacial score (nSPS) is 11.6. The first-order valence-corrected chi connectivity index (χ1v) is 8.93. The molecular weight excluding hydrogens is 332 g/mol. The second kappa shape index (κ2) is 7.44. The van der Waals surface area contributed by atoms with Gasteiger partial charge in [-0.1, -0.05) is 19.1 Å². The molecule has 3 rings (SSSR count). The minimum absolute atomic E-state index is 0.165. The second-order valence-corrected chi connectivity index (χ2v) is 6.86. The van der Waals surface area contributed by atoms with Crippen LogP contribution >= 0.6 is 11.3 Å². The largest absolute Gasteiger partial charge is 0.306 e. The van der Waals surface area contributed by atoms with Crippen molar-refractivity contribution in [2.75, 3.05) is 0 Å². The van der Waals surface area contributed by atoms with Crippen molar-refractivity contribution in [3.63, 3.8) is 0 Å². The third kappa shape index (κ3) is 3.85. The van der Waals surface area contributed by atoms with Crippen LogP contribution in [0.5, 0.6) is 0 Å². The number of aromatic nitrogens is 2. The number of hydrogen-bond acceptors (Lipinski definition) is 4. The molecule has 2 heterocycles. The van der Waals surface area contributed by atoms with Crippen LogP contribution in [0.25, 0.3) is 5.69 Å². The Morgan fingerprint density at radius 1 is 1.32 bits per heavy atom. The van der Waals surface area contributed by atoms with Crippen LogP contribution in [0.15, 0.2) is 54.2 Å². The van der Waals surface area contributed by atoms with Crippen molar-refractivity contribution in [2.45, 2.75) is 27.2 Å². The van der Waals surface area contributed by atoms with E-state index in [4.69, 9.17) is 0 Å². The molecule has 6 heteroatoms. The molecule has 2 aromatic heterocycles. The van der Waals surface area contributed by atoms with Crippen molar-refractivity contribution in [2.24, 2.45) is 5.10 Å². The van der Waals surface area contributed by atoms with Crippen LogP contribution in [0.3, 0.4) is 0 Å². The predicted molar refractivity (Wildman–Crippen MR) is 102 cm³/mol. The summed E-state index contributed by atoms with van der Waals surface area (Å²) < 4.78 is 1.93. The third-order valence-corrected chi connectivity index (χ3v) is 5.36. The topological polar surface area (TPSA) is 59.3 Å². The molecule has 1 aromatic carbocycles. The Morgan fingerprint density at radius 2 is 2.08 bits per heavy atom. The number of rotatable bonds is 5. The number of aryl methyl sites for hydroxylation is 2. The van der Waals surface area contributed by atoms with Crippen LogP contribution in [0.4, 0.5) is 0 Å². The van der Waals surface area contributed by atoms with E-state index in [0.29, 0.717) is 4.88 Å². The number of thiophene rings is 1. The van der Waals surface area contributed by atoms with Crippen molar-refractivity contribution >= 4 is 23.0 Å². The molecule has 25 heavy (non-hydrogen) atoms. The summed E-state index contributed by atoms with van der Waals surface area (Å²) in [7, 11) is 0. The molecule has 0 unspecified atom stereocenters. The van der Waals surface area contributed by atoms with Gasteiger partial charge in [-0.2, -0.15) is 5.10 Å². The van der Waals surface area contributed by atoms with Gasteiger partial charge in [0.1, 0.15) is 0 Å². The van der Waals surface area contributed by atoms with Crippen molar-refractivity contribution in [3.05, 3.63) is 69.9 Å². The van der Waals surface area contributed by atoms with E-state index in [1.807, 2.05) is 54.9 Å². The van der Waals surface area contributed by atoms with Crippen LogP contribution in [0, 0.1) is 6.92 Å². The predicted octanol–water partition coefficient (Wildman–Crippen LogP) is 3.96. The molecule has 0 fully saturated rings. The Morgan fingerprint density at radius 3 is 2.68 bits per heavy atom. The van der Waals surface area contributed by atoms with Crippen molar-refractivity contribution in [1.29, 1.82) is 0 Å². The molecule has 5 nitrogen and oxygen atoms in total. The minimum Gasteiger partial charge on any atom is -0.306 e. The summed E-state index contributed by atoms with van der Waals surface area (Å²) in [6, 6.07) is 9.86. The highest BCUT2D eigenvalue weighted by Crippen LogP contribution is 2.22. The summed E-state index contributed by atoms with van der Waals surface area (Å²) in [5.41, 5.74) is 6.55. The molecule has 1 N–H and O–H groups in total. The van der Waals surface area contributed by atoms with E-state index in [2.05, 4.69) is 22.4 Å². The average molecular weight is 352 g/mol. The lowest BCUT2D eigenvalue weighted by atomic mass is 10.1. The Balaban J connectivity index is 1.69.